The molecular weight excluding hydrogens is 544 g/mol. The third kappa shape index (κ3) is 14.6. The molecule has 9 nitrogen and oxygen atoms in total. The van der Waals surface area contributed by atoms with Crippen LogP contribution in [0.1, 0.15) is 116 Å². The Hall–Kier alpha value is -2.00. The number of ketones is 1. The summed E-state index contributed by atoms with van der Waals surface area (Å²) >= 11 is 0. The third-order valence-electron chi connectivity index (χ3n) is 9.29. The molecule has 2 N–H and O–H groups in total. The molecule has 43 heavy (non-hydrogen) atoms. The van der Waals surface area contributed by atoms with Crippen molar-refractivity contribution in [1.82, 2.24) is 20.4 Å². The number of hydrogen-bond acceptors (Lipinski definition) is 6. The van der Waals surface area contributed by atoms with Crippen LogP contribution in [0.3, 0.4) is 0 Å². The number of likely N-dealkylation sites (N-methyl/N-ethyl adjacent to an activating group) is 1. The molecular formula is C34H68N4O5. The van der Waals surface area contributed by atoms with E-state index in [1.54, 1.807) is 26.0 Å². The summed E-state index contributed by atoms with van der Waals surface area (Å²) in [7, 11) is 3.41. The van der Waals surface area contributed by atoms with Crippen LogP contribution in [0.2, 0.25) is 0 Å². The molecule has 1 heterocycles. The molecule has 1 atom stereocenters. The van der Waals surface area contributed by atoms with E-state index in [1.807, 2.05) is 60.3 Å². The lowest BCUT2D eigenvalue weighted by atomic mass is 9.65. The zero-order valence-corrected chi connectivity index (χ0v) is 30.6. The number of amides is 3. The summed E-state index contributed by atoms with van der Waals surface area (Å²) in [6, 6.07) is 0.145. The standard InChI is InChI=1S/C30H56N4O5.2C2H6/c1-22(35)15-27(2,3)29(6,7)20-31-24(36)17-33(10)18-25(37)32-21-30(8,9)28(4,5)16-26(38)34-14-12-13-23(34)19-39-11;2*1-2/h23H,12-21H2,1-11H3,(H,31,36)(H,32,37);2*1-2H3. The van der Waals surface area contributed by atoms with Crippen LogP contribution in [0.25, 0.3) is 0 Å². The summed E-state index contributed by atoms with van der Waals surface area (Å²) in [4.78, 5) is 53.7. The normalized spacial score (nSPS) is 15.6. The lowest BCUT2D eigenvalue weighted by Crippen LogP contribution is -2.49. The van der Waals surface area contributed by atoms with E-state index in [0.29, 0.717) is 32.5 Å². The zero-order chi connectivity index (χ0) is 34.2. The van der Waals surface area contributed by atoms with Gasteiger partial charge in [0, 0.05) is 39.6 Å². The predicted molar refractivity (Wildman–Crippen MR) is 178 cm³/mol. The highest BCUT2D eigenvalue weighted by Gasteiger charge is 2.41. The molecule has 9 heteroatoms. The molecule has 1 aliphatic rings. The number of nitrogens with zero attached hydrogens (tertiary/aromatic N) is 2. The van der Waals surface area contributed by atoms with E-state index < -0.39 is 0 Å². The number of carbonyl (C=O) groups is 4. The van der Waals surface area contributed by atoms with E-state index >= 15 is 0 Å². The largest absolute Gasteiger partial charge is 0.383 e. The van der Waals surface area contributed by atoms with Gasteiger partial charge in [0.05, 0.1) is 25.7 Å². The molecule has 1 unspecified atom stereocenters. The summed E-state index contributed by atoms with van der Waals surface area (Å²) < 4.78 is 5.30. The van der Waals surface area contributed by atoms with Crippen molar-refractivity contribution in [2.45, 2.75) is 122 Å². The topological polar surface area (TPSA) is 108 Å². The highest BCUT2D eigenvalue weighted by molar-refractivity contribution is 5.81. The molecule has 1 aliphatic heterocycles. The summed E-state index contributed by atoms with van der Waals surface area (Å²) in [6.45, 7) is 28.5. The fourth-order valence-electron chi connectivity index (χ4n) is 4.89. The van der Waals surface area contributed by atoms with Gasteiger partial charge in [0.15, 0.2) is 0 Å². The summed E-state index contributed by atoms with van der Waals surface area (Å²) in [5, 5.41) is 5.98. The van der Waals surface area contributed by atoms with E-state index in [4.69, 9.17) is 4.74 Å². The number of nitrogens with one attached hydrogen (secondary N) is 2. The van der Waals surface area contributed by atoms with E-state index in [9.17, 15) is 19.2 Å². The van der Waals surface area contributed by atoms with Crippen molar-refractivity contribution < 1.29 is 23.9 Å². The number of ether oxygens (including phenoxy) is 1. The minimum atomic E-state index is -0.341. The Balaban J connectivity index is 0. The Morgan fingerprint density at radius 2 is 1.19 bits per heavy atom. The van der Waals surface area contributed by atoms with Gasteiger partial charge in [-0.05, 0) is 48.5 Å². The number of likely N-dealkylation sites (tertiary alicyclic amines) is 1. The maximum atomic E-state index is 13.1. The smallest absolute Gasteiger partial charge is 0.234 e. The molecule has 0 spiro atoms. The van der Waals surface area contributed by atoms with Crippen LogP contribution in [0, 0.1) is 21.7 Å². The lowest BCUT2D eigenvalue weighted by Gasteiger charge is -2.42. The van der Waals surface area contributed by atoms with E-state index in [-0.39, 0.29) is 64.3 Å². The average molecular weight is 613 g/mol. The minimum absolute atomic E-state index is 0.0918. The van der Waals surface area contributed by atoms with Gasteiger partial charge in [-0.1, -0.05) is 83.1 Å². The molecule has 254 valence electrons. The highest BCUT2D eigenvalue weighted by atomic mass is 16.5. The van der Waals surface area contributed by atoms with Gasteiger partial charge in [0.25, 0.3) is 0 Å². The molecule has 0 aromatic carbocycles. The SMILES string of the molecule is CC.CC.COCC1CCCN1C(=O)CC(C)(C)C(C)(C)CNC(=O)CN(C)CC(=O)NCC(C)(C)C(C)(C)CC(C)=O. The molecule has 0 aliphatic carbocycles. The summed E-state index contributed by atoms with van der Waals surface area (Å²) in [5.74, 6) is -0.0584. The van der Waals surface area contributed by atoms with Gasteiger partial charge in [-0.3, -0.25) is 19.3 Å². The zero-order valence-electron chi connectivity index (χ0n) is 30.6. The molecule has 1 fully saturated rings. The minimum Gasteiger partial charge on any atom is -0.383 e. The van der Waals surface area contributed by atoms with Crippen molar-refractivity contribution >= 4 is 23.5 Å². The lowest BCUT2D eigenvalue weighted by molar-refractivity contribution is -0.137. The van der Waals surface area contributed by atoms with Crippen molar-refractivity contribution in [3.8, 4) is 0 Å². The number of methoxy groups -OCH3 is 1. The highest BCUT2D eigenvalue weighted by Crippen LogP contribution is 2.42. The number of hydrogen-bond donors (Lipinski definition) is 2. The molecule has 0 saturated carbocycles. The second-order valence-corrected chi connectivity index (χ2v) is 14.2. The Morgan fingerprint density at radius 3 is 1.58 bits per heavy atom. The molecule has 1 rings (SSSR count). The Labute approximate surface area is 264 Å². The van der Waals surface area contributed by atoms with Crippen LogP contribution in [-0.2, 0) is 23.9 Å². The van der Waals surface area contributed by atoms with Crippen molar-refractivity contribution in [3.05, 3.63) is 0 Å². The summed E-state index contributed by atoms with van der Waals surface area (Å²) in [6.07, 6.45) is 2.82. The van der Waals surface area contributed by atoms with Gasteiger partial charge >= 0.3 is 0 Å². The first-order chi connectivity index (χ1) is 19.7. The fraction of sp³-hybridized carbons (Fsp3) is 0.882. The molecule has 3 amide bonds. The average Bonchev–Trinajstić information content (AvgIpc) is 3.36. The van der Waals surface area contributed by atoms with E-state index in [2.05, 4.69) is 38.3 Å². The Bertz CT molecular complexity index is 867. The molecule has 0 aromatic rings. The first kappa shape index (κ1) is 43.1. The van der Waals surface area contributed by atoms with Crippen molar-refractivity contribution in [2.75, 3.05) is 53.5 Å². The first-order valence-corrected chi connectivity index (χ1v) is 16.2. The van der Waals surface area contributed by atoms with Gasteiger partial charge in [-0.2, -0.15) is 0 Å². The van der Waals surface area contributed by atoms with Crippen LogP contribution < -0.4 is 10.6 Å². The summed E-state index contributed by atoms with van der Waals surface area (Å²) in [5.41, 5.74) is -1.21. The maximum absolute atomic E-state index is 13.1. The van der Waals surface area contributed by atoms with Crippen molar-refractivity contribution in [1.29, 1.82) is 0 Å². The van der Waals surface area contributed by atoms with Gasteiger partial charge in [0.1, 0.15) is 5.78 Å². The van der Waals surface area contributed by atoms with E-state index in [0.717, 1.165) is 19.4 Å². The van der Waals surface area contributed by atoms with Crippen molar-refractivity contribution in [3.63, 3.8) is 0 Å². The van der Waals surface area contributed by atoms with Gasteiger partial charge < -0.3 is 25.1 Å². The van der Waals surface area contributed by atoms with Crippen molar-refractivity contribution in [2.24, 2.45) is 21.7 Å². The first-order valence-electron chi connectivity index (χ1n) is 16.2. The number of rotatable bonds is 16. The van der Waals surface area contributed by atoms with Gasteiger partial charge in [-0.15, -0.1) is 0 Å². The fourth-order valence-corrected chi connectivity index (χ4v) is 4.89. The third-order valence-corrected chi connectivity index (χ3v) is 9.29. The van der Waals surface area contributed by atoms with E-state index in [1.165, 1.54) is 0 Å². The van der Waals surface area contributed by atoms with Crippen LogP contribution in [-0.4, -0.2) is 92.8 Å². The second-order valence-electron chi connectivity index (χ2n) is 14.2. The van der Waals surface area contributed by atoms with Gasteiger partial charge in [0.2, 0.25) is 17.7 Å². The van der Waals surface area contributed by atoms with Crippen LogP contribution in [0.5, 0.6) is 0 Å². The quantitative estimate of drug-likeness (QED) is 0.245. The Morgan fingerprint density at radius 1 is 0.767 bits per heavy atom. The Kier molecular flexibility index (Phi) is 19.5. The van der Waals surface area contributed by atoms with Gasteiger partial charge in [-0.25, -0.2) is 0 Å². The second kappa shape index (κ2) is 19.4. The number of Topliss-reactive ketones (excluding diaryl/α,β-unsaturated/α-hetero) is 1. The molecule has 0 radical (unpaired) electrons. The van der Waals surface area contributed by atoms with Crippen LogP contribution in [0.4, 0.5) is 0 Å². The maximum Gasteiger partial charge on any atom is 0.234 e. The van der Waals surface area contributed by atoms with Crippen LogP contribution in [0.15, 0.2) is 0 Å². The molecule has 0 aromatic heterocycles. The molecule has 0 bridgehead atoms. The monoisotopic (exact) mass is 613 g/mol. The number of carbonyl (C=O) groups excluding carboxylic acids is 4. The van der Waals surface area contributed by atoms with Crippen LogP contribution >= 0.6 is 0 Å². The molecule has 1 saturated heterocycles. The predicted octanol–water partition coefficient (Wildman–Crippen LogP) is 5.31.